The highest BCUT2D eigenvalue weighted by molar-refractivity contribution is 5.88. The molecule has 0 spiro atoms. The number of rotatable bonds is 5. The fourth-order valence-corrected chi connectivity index (χ4v) is 3.37. The average molecular weight is 337 g/mol. The molecular formula is C20H23N3O2. The lowest BCUT2D eigenvalue weighted by Gasteiger charge is -2.35. The van der Waals surface area contributed by atoms with Crippen LogP contribution in [0.5, 0.6) is 0 Å². The highest BCUT2D eigenvalue weighted by Crippen LogP contribution is 2.30. The predicted octanol–water partition coefficient (Wildman–Crippen LogP) is 2.98. The van der Waals surface area contributed by atoms with E-state index in [-0.39, 0.29) is 0 Å². The Balaban J connectivity index is 1.39. The number of aromatic nitrogens is 1. The van der Waals surface area contributed by atoms with Crippen molar-refractivity contribution in [2.75, 3.05) is 37.6 Å². The highest BCUT2D eigenvalue weighted by Gasteiger charge is 2.26. The number of benzene rings is 1. The van der Waals surface area contributed by atoms with Crippen molar-refractivity contribution >= 4 is 11.8 Å². The van der Waals surface area contributed by atoms with Crippen molar-refractivity contribution in [3.05, 3.63) is 48.2 Å². The van der Waals surface area contributed by atoms with Crippen molar-refractivity contribution in [3.63, 3.8) is 0 Å². The number of aromatic carboxylic acids is 1. The van der Waals surface area contributed by atoms with Crippen LogP contribution in [0.4, 0.5) is 5.82 Å². The Kier molecular flexibility index (Phi) is 4.40. The lowest BCUT2D eigenvalue weighted by atomic mass is 10.1. The maximum atomic E-state index is 10.9. The molecule has 2 fully saturated rings. The van der Waals surface area contributed by atoms with Crippen LogP contribution in [0.25, 0.3) is 11.1 Å². The van der Waals surface area contributed by atoms with Crippen molar-refractivity contribution in [1.29, 1.82) is 0 Å². The van der Waals surface area contributed by atoms with E-state index in [2.05, 4.69) is 26.9 Å². The Bertz CT molecular complexity index is 731. The molecule has 1 saturated carbocycles. The first-order valence-corrected chi connectivity index (χ1v) is 8.96. The van der Waals surface area contributed by atoms with Crippen LogP contribution in [-0.2, 0) is 0 Å². The Morgan fingerprint density at radius 1 is 1.00 bits per heavy atom. The van der Waals surface area contributed by atoms with Crippen LogP contribution in [0.15, 0.2) is 42.6 Å². The summed E-state index contributed by atoms with van der Waals surface area (Å²) in [7, 11) is 0. The predicted molar refractivity (Wildman–Crippen MR) is 98.0 cm³/mol. The lowest BCUT2D eigenvalue weighted by Crippen LogP contribution is -2.47. The van der Waals surface area contributed by atoms with Crippen LogP contribution in [0.3, 0.4) is 0 Å². The van der Waals surface area contributed by atoms with Crippen molar-refractivity contribution < 1.29 is 9.90 Å². The Morgan fingerprint density at radius 2 is 1.68 bits per heavy atom. The molecular weight excluding hydrogens is 314 g/mol. The molecule has 1 aliphatic heterocycles. The summed E-state index contributed by atoms with van der Waals surface area (Å²) < 4.78 is 0. The minimum absolute atomic E-state index is 0.303. The van der Waals surface area contributed by atoms with Crippen LogP contribution in [0.1, 0.15) is 23.2 Å². The minimum Gasteiger partial charge on any atom is -0.478 e. The van der Waals surface area contributed by atoms with Gasteiger partial charge in [0.25, 0.3) is 0 Å². The largest absolute Gasteiger partial charge is 0.478 e. The van der Waals surface area contributed by atoms with Gasteiger partial charge < -0.3 is 10.0 Å². The van der Waals surface area contributed by atoms with Gasteiger partial charge in [0.05, 0.1) is 5.56 Å². The van der Waals surface area contributed by atoms with Gasteiger partial charge in [0.1, 0.15) is 5.82 Å². The van der Waals surface area contributed by atoms with Crippen molar-refractivity contribution in [2.24, 2.45) is 5.92 Å². The molecule has 0 bridgehead atoms. The monoisotopic (exact) mass is 337 g/mol. The second-order valence-corrected chi connectivity index (χ2v) is 7.02. The number of carbonyl (C=O) groups is 1. The molecule has 25 heavy (non-hydrogen) atoms. The minimum atomic E-state index is -0.902. The zero-order valence-electron chi connectivity index (χ0n) is 14.3. The van der Waals surface area contributed by atoms with E-state index >= 15 is 0 Å². The second kappa shape index (κ2) is 6.84. The summed E-state index contributed by atoms with van der Waals surface area (Å²) >= 11 is 0. The molecule has 1 aromatic carbocycles. The van der Waals surface area contributed by atoms with E-state index in [1.54, 1.807) is 12.1 Å². The van der Waals surface area contributed by atoms with Crippen molar-refractivity contribution in [1.82, 2.24) is 9.88 Å². The van der Waals surface area contributed by atoms with E-state index in [1.165, 1.54) is 19.4 Å². The molecule has 0 radical (unpaired) electrons. The first-order chi connectivity index (χ1) is 12.2. The quantitative estimate of drug-likeness (QED) is 0.909. The van der Waals surface area contributed by atoms with Crippen molar-refractivity contribution in [3.8, 4) is 11.1 Å². The summed E-state index contributed by atoms with van der Waals surface area (Å²) in [5.41, 5.74) is 2.30. The van der Waals surface area contributed by atoms with Gasteiger partial charge in [-0.3, -0.25) is 4.90 Å². The average Bonchev–Trinajstić information content (AvgIpc) is 3.47. The highest BCUT2D eigenvalue weighted by atomic mass is 16.4. The van der Waals surface area contributed by atoms with Gasteiger partial charge in [-0.1, -0.05) is 12.1 Å². The van der Waals surface area contributed by atoms with Gasteiger partial charge in [-0.25, -0.2) is 9.78 Å². The molecule has 1 saturated heterocycles. The molecule has 0 atom stereocenters. The van der Waals surface area contributed by atoms with Crippen LogP contribution in [0.2, 0.25) is 0 Å². The van der Waals surface area contributed by atoms with Crippen molar-refractivity contribution in [2.45, 2.75) is 12.8 Å². The van der Waals surface area contributed by atoms with Crippen LogP contribution < -0.4 is 4.90 Å². The number of pyridine rings is 1. The Hall–Kier alpha value is -2.40. The van der Waals surface area contributed by atoms with E-state index in [1.807, 2.05) is 18.3 Å². The third kappa shape index (κ3) is 3.82. The van der Waals surface area contributed by atoms with E-state index in [9.17, 15) is 4.79 Å². The normalized spacial score (nSPS) is 18.3. The summed E-state index contributed by atoms with van der Waals surface area (Å²) in [6.45, 7) is 5.58. The standard InChI is InChI=1S/C20H23N3O2/c24-20(25)17-5-3-16(4-6-17)18-7-8-19(21-13-18)23-11-9-22(10-12-23)14-15-1-2-15/h3-8,13,15H,1-2,9-12,14H2,(H,24,25). The van der Waals surface area contributed by atoms with Gasteiger partial charge in [0, 0.05) is 44.5 Å². The van der Waals surface area contributed by atoms with Gasteiger partial charge in [0.15, 0.2) is 0 Å². The third-order valence-corrected chi connectivity index (χ3v) is 5.12. The first kappa shape index (κ1) is 16.1. The van der Waals surface area contributed by atoms with E-state index < -0.39 is 5.97 Å². The SMILES string of the molecule is O=C(O)c1ccc(-c2ccc(N3CCN(CC4CC4)CC3)nc2)cc1. The van der Waals surface area contributed by atoms with Gasteiger partial charge in [-0.15, -0.1) is 0 Å². The topological polar surface area (TPSA) is 56.7 Å². The molecule has 1 aromatic heterocycles. The molecule has 2 aliphatic rings. The molecule has 2 aromatic rings. The maximum Gasteiger partial charge on any atom is 0.335 e. The number of hydrogen-bond acceptors (Lipinski definition) is 4. The van der Waals surface area contributed by atoms with E-state index in [0.717, 1.165) is 49.0 Å². The zero-order valence-corrected chi connectivity index (χ0v) is 14.3. The number of anilines is 1. The van der Waals surface area contributed by atoms with E-state index in [0.29, 0.717) is 5.56 Å². The van der Waals surface area contributed by atoms with Gasteiger partial charge in [-0.05, 0) is 48.6 Å². The van der Waals surface area contributed by atoms with Gasteiger partial charge >= 0.3 is 5.97 Å². The maximum absolute atomic E-state index is 10.9. The molecule has 4 rings (SSSR count). The van der Waals surface area contributed by atoms with Crippen LogP contribution in [-0.4, -0.2) is 53.7 Å². The summed E-state index contributed by atoms with van der Waals surface area (Å²) in [5, 5.41) is 8.98. The van der Waals surface area contributed by atoms with E-state index in [4.69, 9.17) is 5.11 Å². The summed E-state index contributed by atoms with van der Waals surface area (Å²) in [5.74, 6) is 1.08. The summed E-state index contributed by atoms with van der Waals surface area (Å²) in [6, 6.07) is 11.1. The zero-order chi connectivity index (χ0) is 17.2. The molecule has 5 nitrogen and oxygen atoms in total. The number of piperazine rings is 1. The molecule has 1 aliphatic carbocycles. The molecule has 5 heteroatoms. The Labute approximate surface area is 147 Å². The number of carboxylic acid groups (broad SMARTS) is 1. The number of nitrogens with zero attached hydrogens (tertiary/aromatic N) is 3. The molecule has 0 amide bonds. The van der Waals surface area contributed by atoms with Crippen LogP contribution >= 0.6 is 0 Å². The summed E-state index contributed by atoms with van der Waals surface area (Å²) in [4.78, 5) is 20.5. The lowest BCUT2D eigenvalue weighted by molar-refractivity contribution is 0.0697. The molecule has 1 N–H and O–H groups in total. The van der Waals surface area contributed by atoms with Gasteiger partial charge in [-0.2, -0.15) is 0 Å². The molecule has 2 heterocycles. The molecule has 130 valence electrons. The third-order valence-electron chi connectivity index (χ3n) is 5.12. The Morgan fingerprint density at radius 3 is 2.24 bits per heavy atom. The van der Waals surface area contributed by atoms with Gasteiger partial charge in [0.2, 0.25) is 0 Å². The fourth-order valence-electron chi connectivity index (χ4n) is 3.37. The first-order valence-electron chi connectivity index (χ1n) is 8.96. The molecule has 0 unspecified atom stereocenters. The fraction of sp³-hybridized carbons (Fsp3) is 0.400. The second-order valence-electron chi connectivity index (χ2n) is 7.02. The summed E-state index contributed by atoms with van der Waals surface area (Å²) in [6.07, 6.45) is 4.70. The number of hydrogen-bond donors (Lipinski definition) is 1. The number of carboxylic acids is 1. The smallest absolute Gasteiger partial charge is 0.335 e. The van der Waals surface area contributed by atoms with Crippen LogP contribution in [0, 0.1) is 5.92 Å².